The van der Waals surface area contributed by atoms with Crippen LogP contribution < -0.4 is 0 Å². The van der Waals surface area contributed by atoms with E-state index < -0.39 is 5.41 Å². The second-order valence-corrected chi connectivity index (χ2v) is 7.81. The molecule has 148 valence electrons. The van der Waals surface area contributed by atoms with Gasteiger partial charge in [0.05, 0.1) is 25.6 Å². The maximum Gasteiger partial charge on any atom is 0.310 e. The minimum atomic E-state index is -0.647. The van der Waals surface area contributed by atoms with Crippen molar-refractivity contribution in [1.29, 1.82) is 0 Å². The van der Waals surface area contributed by atoms with Crippen LogP contribution >= 0.6 is 0 Å². The molecule has 2 aliphatic carbocycles. The number of rotatable bonds is 5. The van der Waals surface area contributed by atoms with Gasteiger partial charge in [-0.25, -0.2) is 0 Å². The van der Waals surface area contributed by atoms with E-state index in [-0.39, 0.29) is 24.1 Å². The van der Waals surface area contributed by atoms with Crippen LogP contribution in [-0.2, 0) is 31.5 Å². The summed E-state index contributed by atoms with van der Waals surface area (Å²) in [6.07, 6.45) is 5.94. The molecule has 4 rings (SSSR count). The zero-order chi connectivity index (χ0) is 19.9. The van der Waals surface area contributed by atoms with E-state index in [0.717, 1.165) is 47.7 Å². The van der Waals surface area contributed by atoms with Gasteiger partial charge >= 0.3 is 5.97 Å². The van der Waals surface area contributed by atoms with E-state index in [4.69, 9.17) is 9.47 Å². The number of hydrogen-bond acceptors (Lipinski definition) is 4. The lowest BCUT2D eigenvalue weighted by atomic mass is 9.61. The molecule has 0 bridgehead atoms. The number of methoxy groups -OCH3 is 1. The first-order valence-electron chi connectivity index (χ1n) is 10.1. The number of aromatic nitrogens is 1. The number of fused-ring (bicyclic) bond motifs is 2. The topological polar surface area (TPSA) is 57.5 Å². The molecule has 0 spiro atoms. The van der Waals surface area contributed by atoms with E-state index in [1.54, 1.807) is 6.92 Å². The first-order chi connectivity index (χ1) is 13.5. The normalized spacial score (nSPS) is 24.5. The molecule has 1 aromatic heterocycles. The summed E-state index contributed by atoms with van der Waals surface area (Å²) in [5.41, 5.74) is 2.35. The van der Waals surface area contributed by atoms with Gasteiger partial charge in [-0.2, -0.15) is 0 Å². The molecule has 28 heavy (non-hydrogen) atoms. The number of Topliss-reactive ketones (excluding diaryl/α,β-unsaturated/α-hetero) is 1. The first-order valence-corrected chi connectivity index (χ1v) is 10.1. The fourth-order valence-electron chi connectivity index (χ4n) is 5.36. The average molecular weight is 381 g/mol. The average Bonchev–Trinajstić information content (AvgIpc) is 3.16. The van der Waals surface area contributed by atoms with Crippen LogP contribution in [0.2, 0.25) is 0 Å². The fraction of sp³-hybridized carbons (Fsp3) is 0.478. The Morgan fingerprint density at radius 2 is 2.07 bits per heavy atom. The minimum Gasteiger partial charge on any atom is -0.493 e. The first kappa shape index (κ1) is 18.8. The standard InChI is InChI=1S/C23H27NO4/c1-4-28-20(25)13-16-17-10-7-8-12-23(17,22(26)21(16)27-3)18-14-24(2)19-11-6-5-9-15(18)19/h5-6,9,11,14,17H,4,7-8,10,12-13H2,1-3H3/t17-,23-/m1/s1. The summed E-state index contributed by atoms with van der Waals surface area (Å²) in [7, 11) is 3.55. The molecule has 0 radical (unpaired) electrons. The van der Waals surface area contributed by atoms with Crippen molar-refractivity contribution >= 4 is 22.7 Å². The number of ether oxygens (including phenoxy) is 2. The van der Waals surface area contributed by atoms with Crippen LogP contribution in [0, 0.1) is 5.92 Å². The van der Waals surface area contributed by atoms with Gasteiger partial charge in [0.2, 0.25) is 5.78 Å². The van der Waals surface area contributed by atoms with E-state index in [9.17, 15) is 9.59 Å². The maximum atomic E-state index is 13.8. The second kappa shape index (κ2) is 7.12. The fourth-order valence-corrected chi connectivity index (χ4v) is 5.36. The number of nitrogens with zero attached hydrogens (tertiary/aromatic N) is 1. The van der Waals surface area contributed by atoms with Gasteiger partial charge < -0.3 is 14.0 Å². The number of esters is 1. The van der Waals surface area contributed by atoms with E-state index in [1.807, 2.05) is 19.2 Å². The zero-order valence-corrected chi connectivity index (χ0v) is 16.8. The summed E-state index contributed by atoms with van der Waals surface area (Å²) < 4.78 is 12.9. The molecule has 1 fully saturated rings. The van der Waals surface area contributed by atoms with Gasteiger partial charge in [0, 0.05) is 30.1 Å². The molecule has 0 amide bonds. The van der Waals surface area contributed by atoms with Crippen molar-refractivity contribution in [1.82, 2.24) is 4.57 Å². The van der Waals surface area contributed by atoms with Crippen LogP contribution in [0.4, 0.5) is 0 Å². The van der Waals surface area contributed by atoms with Crippen molar-refractivity contribution in [3.63, 3.8) is 0 Å². The third kappa shape index (κ3) is 2.60. The van der Waals surface area contributed by atoms with Gasteiger partial charge in [0.1, 0.15) is 0 Å². The van der Waals surface area contributed by atoms with Crippen LogP contribution in [-0.4, -0.2) is 30.0 Å². The number of carbonyl (C=O) groups excluding carboxylic acids is 2. The van der Waals surface area contributed by atoms with Crippen molar-refractivity contribution in [3.05, 3.63) is 47.4 Å². The molecule has 1 aromatic carbocycles. The van der Waals surface area contributed by atoms with Crippen LogP contribution in [0.25, 0.3) is 10.9 Å². The van der Waals surface area contributed by atoms with Gasteiger partial charge in [-0.15, -0.1) is 0 Å². The Morgan fingerprint density at radius 1 is 1.29 bits per heavy atom. The molecule has 5 nitrogen and oxygen atoms in total. The Bertz CT molecular complexity index is 970. The third-order valence-corrected chi connectivity index (χ3v) is 6.45. The SMILES string of the molecule is CCOC(=O)CC1=C(OC)C(=O)[C@]2(c3cn(C)c4ccccc34)CCCC[C@H]12. The highest BCUT2D eigenvalue weighted by Gasteiger charge is 2.58. The van der Waals surface area contributed by atoms with Gasteiger partial charge in [-0.3, -0.25) is 9.59 Å². The third-order valence-electron chi connectivity index (χ3n) is 6.45. The van der Waals surface area contributed by atoms with Gasteiger partial charge in [0.25, 0.3) is 0 Å². The number of hydrogen-bond donors (Lipinski definition) is 0. The number of carbonyl (C=O) groups is 2. The number of para-hydroxylation sites is 1. The lowest BCUT2D eigenvalue weighted by Gasteiger charge is -2.39. The second-order valence-electron chi connectivity index (χ2n) is 7.81. The Kier molecular flexibility index (Phi) is 4.77. The van der Waals surface area contributed by atoms with E-state index in [0.29, 0.717) is 12.4 Å². The van der Waals surface area contributed by atoms with Crippen LogP contribution in [0.5, 0.6) is 0 Å². The van der Waals surface area contributed by atoms with Crippen molar-refractivity contribution < 1.29 is 19.1 Å². The summed E-state index contributed by atoms with van der Waals surface area (Å²) >= 11 is 0. The predicted molar refractivity (Wildman–Crippen MR) is 107 cm³/mol. The Morgan fingerprint density at radius 3 is 2.82 bits per heavy atom. The van der Waals surface area contributed by atoms with Gasteiger partial charge in [-0.05, 0) is 37.0 Å². The Balaban J connectivity index is 1.88. The lowest BCUT2D eigenvalue weighted by molar-refractivity contribution is -0.142. The molecule has 0 saturated heterocycles. The number of benzene rings is 1. The summed E-state index contributed by atoms with van der Waals surface area (Å²) in [5, 5.41) is 1.11. The lowest BCUT2D eigenvalue weighted by Crippen LogP contribution is -2.42. The van der Waals surface area contributed by atoms with E-state index >= 15 is 0 Å². The molecule has 1 saturated carbocycles. The smallest absolute Gasteiger partial charge is 0.310 e. The van der Waals surface area contributed by atoms with Crippen molar-refractivity contribution in [2.24, 2.45) is 13.0 Å². The van der Waals surface area contributed by atoms with Gasteiger partial charge in [-0.1, -0.05) is 31.0 Å². The monoisotopic (exact) mass is 381 g/mol. The van der Waals surface area contributed by atoms with Crippen molar-refractivity contribution in [2.75, 3.05) is 13.7 Å². The zero-order valence-electron chi connectivity index (χ0n) is 16.8. The molecule has 5 heteroatoms. The Hall–Kier alpha value is -2.56. The van der Waals surface area contributed by atoms with Crippen molar-refractivity contribution in [3.8, 4) is 0 Å². The molecular weight excluding hydrogens is 354 g/mol. The summed E-state index contributed by atoms with van der Waals surface area (Å²) in [6, 6.07) is 8.21. The number of ketones is 1. The molecule has 0 aliphatic heterocycles. The van der Waals surface area contributed by atoms with Crippen LogP contribution in [0.1, 0.15) is 44.6 Å². The molecule has 1 heterocycles. The largest absolute Gasteiger partial charge is 0.493 e. The van der Waals surface area contributed by atoms with Gasteiger partial charge in [0.15, 0.2) is 5.76 Å². The number of allylic oxidation sites excluding steroid dienone is 1. The summed E-state index contributed by atoms with van der Waals surface area (Å²) in [5.74, 6) is 0.0845. The highest BCUT2D eigenvalue weighted by atomic mass is 16.5. The minimum absolute atomic E-state index is 0.0149. The van der Waals surface area contributed by atoms with E-state index in [1.165, 1.54) is 7.11 Å². The molecule has 2 atom stereocenters. The van der Waals surface area contributed by atoms with Crippen LogP contribution in [0.3, 0.4) is 0 Å². The maximum absolute atomic E-state index is 13.8. The van der Waals surface area contributed by atoms with E-state index in [2.05, 4.69) is 22.9 Å². The highest BCUT2D eigenvalue weighted by molar-refractivity contribution is 6.09. The molecule has 0 unspecified atom stereocenters. The molecule has 2 aliphatic rings. The van der Waals surface area contributed by atoms with Crippen molar-refractivity contribution in [2.45, 2.75) is 44.4 Å². The quantitative estimate of drug-likeness (QED) is 0.734. The highest BCUT2D eigenvalue weighted by Crippen LogP contribution is 2.56. The number of aryl methyl sites for hydroxylation is 1. The Labute approximate surface area is 165 Å². The summed E-state index contributed by atoms with van der Waals surface area (Å²) in [4.78, 5) is 26.0. The molecule has 2 aromatic rings. The molecular formula is C23H27NO4. The summed E-state index contributed by atoms with van der Waals surface area (Å²) in [6.45, 7) is 2.13. The van der Waals surface area contributed by atoms with Crippen LogP contribution in [0.15, 0.2) is 41.8 Å². The molecule has 0 N–H and O–H groups in total. The predicted octanol–water partition coefficient (Wildman–Crippen LogP) is 4.04.